The maximum absolute atomic E-state index is 13.6. The van der Waals surface area contributed by atoms with E-state index in [4.69, 9.17) is 0 Å². The number of rotatable bonds is 4. The Morgan fingerprint density at radius 3 is 2.13 bits per heavy atom. The van der Waals surface area contributed by atoms with Gasteiger partial charge in [-0.05, 0) is 57.4 Å². The van der Waals surface area contributed by atoms with Crippen LogP contribution in [0.25, 0.3) is 0 Å². The Hall–Kier alpha value is -2.10. The molecule has 9 heteroatoms. The van der Waals surface area contributed by atoms with Crippen LogP contribution >= 0.6 is 0 Å². The van der Waals surface area contributed by atoms with Crippen molar-refractivity contribution in [3.05, 3.63) is 47.0 Å². The van der Waals surface area contributed by atoms with E-state index in [2.05, 4.69) is 19.8 Å². The second-order valence-electron chi connectivity index (χ2n) is 8.52. The molecule has 2 fully saturated rings. The number of piperazine rings is 1. The molecule has 1 aromatic heterocycles. The van der Waals surface area contributed by atoms with Gasteiger partial charge in [0, 0.05) is 56.7 Å². The highest BCUT2D eigenvalue weighted by molar-refractivity contribution is 7.89. The molecule has 2 saturated heterocycles. The first-order chi connectivity index (χ1) is 14.7. The van der Waals surface area contributed by atoms with E-state index in [1.54, 1.807) is 6.92 Å². The van der Waals surface area contributed by atoms with Crippen molar-refractivity contribution in [2.45, 2.75) is 44.6 Å². The molecular weight excluding hydrogens is 417 g/mol. The molecule has 4 rings (SSSR count). The molecule has 0 bridgehead atoms. The molecule has 0 unspecified atom stereocenters. The highest BCUT2D eigenvalue weighted by atomic mass is 32.2. The Balaban J connectivity index is 1.35. The summed E-state index contributed by atoms with van der Waals surface area (Å²) in [7, 11) is -3.68. The van der Waals surface area contributed by atoms with Crippen molar-refractivity contribution >= 4 is 16.0 Å². The maximum Gasteiger partial charge on any atom is 0.243 e. The smallest absolute Gasteiger partial charge is 0.243 e. The van der Waals surface area contributed by atoms with Gasteiger partial charge >= 0.3 is 0 Å². The third kappa shape index (κ3) is 4.73. The molecule has 1 aromatic carbocycles. The van der Waals surface area contributed by atoms with E-state index in [1.807, 2.05) is 19.9 Å². The average molecular weight is 448 g/mol. The number of piperidine rings is 1. The van der Waals surface area contributed by atoms with Gasteiger partial charge in [-0.3, -0.25) is 4.90 Å². The fraction of sp³-hybridized carbons (Fsp3) is 0.545. The van der Waals surface area contributed by atoms with Crippen LogP contribution in [0, 0.1) is 26.6 Å². The van der Waals surface area contributed by atoms with Crippen LogP contribution < -0.4 is 4.90 Å². The number of halogens is 1. The molecule has 0 radical (unpaired) electrons. The molecule has 0 spiro atoms. The third-order valence-corrected chi connectivity index (χ3v) is 8.32. The first-order valence-electron chi connectivity index (χ1n) is 10.8. The fourth-order valence-electron chi connectivity index (χ4n) is 4.58. The summed E-state index contributed by atoms with van der Waals surface area (Å²) in [4.78, 5) is 13.9. The van der Waals surface area contributed by atoms with Crippen molar-refractivity contribution in [3.63, 3.8) is 0 Å². The second kappa shape index (κ2) is 8.80. The average Bonchev–Trinajstić information content (AvgIpc) is 2.75. The summed E-state index contributed by atoms with van der Waals surface area (Å²) in [5.41, 5.74) is 2.54. The number of anilines is 1. The number of sulfonamides is 1. The third-order valence-electron chi connectivity index (χ3n) is 6.28. The minimum absolute atomic E-state index is 0.0720. The van der Waals surface area contributed by atoms with Crippen molar-refractivity contribution in [1.29, 1.82) is 0 Å². The van der Waals surface area contributed by atoms with Crippen molar-refractivity contribution in [1.82, 2.24) is 19.2 Å². The van der Waals surface area contributed by atoms with Crippen molar-refractivity contribution in [3.8, 4) is 0 Å². The highest BCUT2D eigenvalue weighted by Crippen LogP contribution is 2.25. The molecule has 3 heterocycles. The molecule has 168 valence electrons. The van der Waals surface area contributed by atoms with Crippen molar-refractivity contribution in [2.24, 2.45) is 0 Å². The normalized spacial score (nSPS) is 19.7. The van der Waals surface area contributed by atoms with Gasteiger partial charge in [0.1, 0.15) is 5.82 Å². The zero-order valence-corrected chi connectivity index (χ0v) is 19.2. The van der Waals surface area contributed by atoms with Crippen LogP contribution in [0.4, 0.5) is 10.3 Å². The molecule has 0 amide bonds. The van der Waals surface area contributed by atoms with Gasteiger partial charge in [0.15, 0.2) is 0 Å². The van der Waals surface area contributed by atoms with E-state index in [-0.39, 0.29) is 4.90 Å². The summed E-state index contributed by atoms with van der Waals surface area (Å²) in [5.74, 6) is 0.277. The van der Waals surface area contributed by atoms with Gasteiger partial charge in [-0.25, -0.2) is 22.8 Å². The van der Waals surface area contributed by atoms with Gasteiger partial charge in [-0.2, -0.15) is 4.31 Å². The van der Waals surface area contributed by atoms with E-state index in [0.717, 1.165) is 49.3 Å². The molecule has 0 atom stereocenters. The summed E-state index contributed by atoms with van der Waals surface area (Å²) >= 11 is 0. The van der Waals surface area contributed by atoms with E-state index in [9.17, 15) is 12.8 Å². The lowest BCUT2D eigenvalue weighted by Gasteiger charge is -2.42. The molecule has 0 aliphatic carbocycles. The monoisotopic (exact) mass is 447 g/mol. The summed E-state index contributed by atoms with van der Waals surface area (Å²) < 4.78 is 41.2. The van der Waals surface area contributed by atoms with Gasteiger partial charge in [0.25, 0.3) is 0 Å². The Bertz CT molecular complexity index is 1030. The predicted molar refractivity (Wildman–Crippen MR) is 118 cm³/mol. The maximum atomic E-state index is 13.6. The molecule has 0 N–H and O–H groups in total. The van der Waals surface area contributed by atoms with Crippen LogP contribution in [-0.2, 0) is 10.0 Å². The summed E-state index contributed by atoms with van der Waals surface area (Å²) in [6.07, 6.45) is 2.01. The van der Waals surface area contributed by atoms with E-state index >= 15 is 0 Å². The Labute approximate surface area is 184 Å². The van der Waals surface area contributed by atoms with E-state index in [1.165, 1.54) is 16.4 Å². The van der Waals surface area contributed by atoms with Gasteiger partial charge < -0.3 is 4.90 Å². The predicted octanol–water partition coefficient (Wildman–Crippen LogP) is 2.52. The lowest BCUT2D eigenvalue weighted by Crippen LogP contribution is -2.54. The Kier molecular flexibility index (Phi) is 6.27. The number of hydrogen-bond donors (Lipinski definition) is 0. The van der Waals surface area contributed by atoms with E-state index in [0.29, 0.717) is 37.8 Å². The number of aromatic nitrogens is 2. The molecule has 7 nitrogen and oxygen atoms in total. The van der Waals surface area contributed by atoms with Crippen LogP contribution in [0.3, 0.4) is 0 Å². The van der Waals surface area contributed by atoms with Crippen LogP contribution in [0.15, 0.2) is 29.2 Å². The Morgan fingerprint density at radius 2 is 1.52 bits per heavy atom. The molecule has 31 heavy (non-hydrogen) atoms. The summed E-state index contributed by atoms with van der Waals surface area (Å²) in [6.45, 7) is 9.72. The first kappa shape index (κ1) is 22.1. The van der Waals surface area contributed by atoms with Crippen LogP contribution in [-0.4, -0.2) is 72.9 Å². The second-order valence-corrected chi connectivity index (χ2v) is 10.4. The zero-order chi connectivity index (χ0) is 22.2. The van der Waals surface area contributed by atoms with Gasteiger partial charge in [-0.1, -0.05) is 6.07 Å². The number of nitrogens with zero attached hydrogens (tertiary/aromatic N) is 5. The first-order valence-corrected chi connectivity index (χ1v) is 12.3. The lowest BCUT2D eigenvalue weighted by atomic mass is 10.0. The van der Waals surface area contributed by atoms with Crippen molar-refractivity contribution < 1.29 is 12.8 Å². The minimum Gasteiger partial charge on any atom is -0.341 e. The molecule has 2 aromatic rings. The number of hydrogen-bond acceptors (Lipinski definition) is 6. The quantitative estimate of drug-likeness (QED) is 0.717. The number of benzene rings is 1. The lowest BCUT2D eigenvalue weighted by molar-refractivity contribution is 0.119. The topological polar surface area (TPSA) is 69.6 Å². The molecular formula is C22H30FN5O2S. The van der Waals surface area contributed by atoms with Crippen LogP contribution in [0.2, 0.25) is 0 Å². The molecule has 2 aliphatic rings. The molecule has 0 saturated carbocycles. The largest absolute Gasteiger partial charge is 0.341 e. The SMILES string of the molecule is Cc1cc(C)nc(N2CCC(N3CCN(S(=O)(=O)c4cc(F)ccc4C)CC3)CC2)n1. The van der Waals surface area contributed by atoms with Crippen molar-refractivity contribution in [2.75, 3.05) is 44.2 Å². The zero-order valence-electron chi connectivity index (χ0n) is 18.4. The van der Waals surface area contributed by atoms with Gasteiger partial charge in [0.05, 0.1) is 4.90 Å². The van der Waals surface area contributed by atoms with Crippen LogP contribution in [0.1, 0.15) is 29.8 Å². The minimum atomic E-state index is -3.68. The summed E-state index contributed by atoms with van der Waals surface area (Å²) in [6, 6.07) is 6.35. The Morgan fingerprint density at radius 1 is 0.903 bits per heavy atom. The summed E-state index contributed by atoms with van der Waals surface area (Å²) in [5, 5.41) is 0. The fourth-order valence-corrected chi connectivity index (χ4v) is 6.24. The number of aryl methyl sites for hydroxylation is 3. The van der Waals surface area contributed by atoms with Gasteiger partial charge in [0.2, 0.25) is 16.0 Å². The standard InChI is InChI=1S/C22H30FN5O2S/c1-16-4-5-19(23)15-21(16)31(29,30)28-12-10-26(11-13-28)20-6-8-27(9-7-20)22-24-17(2)14-18(3)25-22/h4-5,14-15,20H,6-13H2,1-3H3. The van der Waals surface area contributed by atoms with Crippen LogP contribution in [0.5, 0.6) is 0 Å². The highest BCUT2D eigenvalue weighted by Gasteiger charge is 2.33. The van der Waals surface area contributed by atoms with Gasteiger partial charge in [-0.15, -0.1) is 0 Å². The van der Waals surface area contributed by atoms with E-state index < -0.39 is 15.8 Å². The molecule has 2 aliphatic heterocycles.